The second-order valence-corrected chi connectivity index (χ2v) is 11.1. The summed E-state index contributed by atoms with van der Waals surface area (Å²) in [5.74, 6) is 1.84. The summed E-state index contributed by atoms with van der Waals surface area (Å²) in [5, 5.41) is 10.1. The van der Waals surface area contributed by atoms with Crippen LogP contribution in [0.15, 0.2) is 42.7 Å². The molecule has 9 heteroatoms. The van der Waals surface area contributed by atoms with Crippen LogP contribution in [0.3, 0.4) is 0 Å². The second-order valence-electron chi connectivity index (χ2n) is 8.80. The summed E-state index contributed by atoms with van der Waals surface area (Å²) >= 11 is 0. The SMILES string of the molecule is CS(=O)(=O)CCCOc1cccc2c1ccn2-c1ccnc(CC2CCC(C(=O)O)CC2)n1. The lowest BCUT2D eigenvalue weighted by Crippen LogP contribution is -2.22. The highest BCUT2D eigenvalue weighted by molar-refractivity contribution is 7.90. The molecule has 2 heterocycles. The average Bonchev–Trinajstić information content (AvgIpc) is 3.22. The Balaban J connectivity index is 1.46. The molecule has 176 valence electrons. The molecule has 2 aromatic heterocycles. The van der Waals surface area contributed by atoms with Crippen molar-refractivity contribution in [3.05, 3.63) is 48.5 Å². The first-order chi connectivity index (χ1) is 15.8. The maximum Gasteiger partial charge on any atom is 0.306 e. The quantitative estimate of drug-likeness (QED) is 0.474. The molecule has 1 aliphatic rings. The van der Waals surface area contributed by atoms with Crippen molar-refractivity contribution in [3.63, 3.8) is 0 Å². The van der Waals surface area contributed by atoms with Gasteiger partial charge in [0, 0.05) is 30.5 Å². The molecular weight excluding hydrogens is 442 g/mol. The van der Waals surface area contributed by atoms with Crippen molar-refractivity contribution in [1.82, 2.24) is 14.5 Å². The Hall–Kier alpha value is -2.94. The number of sulfone groups is 1. The minimum Gasteiger partial charge on any atom is -0.493 e. The molecule has 1 fully saturated rings. The van der Waals surface area contributed by atoms with Gasteiger partial charge in [0.15, 0.2) is 0 Å². The highest BCUT2D eigenvalue weighted by Gasteiger charge is 2.26. The molecule has 0 radical (unpaired) electrons. The van der Waals surface area contributed by atoms with Gasteiger partial charge in [-0.3, -0.25) is 4.79 Å². The topological polar surface area (TPSA) is 111 Å². The average molecular weight is 472 g/mol. The number of rotatable bonds is 9. The van der Waals surface area contributed by atoms with Crippen LogP contribution >= 0.6 is 0 Å². The normalized spacial score (nSPS) is 18.9. The molecule has 1 N–H and O–H groups in total. The Labute approximate surface area is 193 Å². The Kier molecular flexibility index (Phi) is 6.97. The second kappa shape index (κ2) is 9.91. The highest BCUT2D eigenvalue weighted by atomic mass is 32.2. The molecule has 33 heavy (non-hydrogen) atoms. The molecule has 0 aliphatic heterocycles. The van der Waals surface area contributed by atoms with Crippen LogP contribution in [0.25, 0.3) is 16.7 Å². The van der Waals surface area contributed by atoms with Gasteiger partial charge in [-0.2, -0.15) is 0 Å². The molecule has 4 rings (SSSR count). The number of nitrogens with zero attached hydrogens (tertiary/aromatic N) is 3. The van der Waals surface area contributed by atoms with Crippen LogP contribution in [0.4, 0.5) is 0 Å². The Bertz CT molecular complexity index is 1230. The van der Waals surface area contributed by atoms with Crippen molar-refractivity contribution in [3.8, 4) is 11.6 Å². The van der Waals surface area contributed by atoms with E-state index in [1.807, 2.05) is 41.1 Å². The summed E-state index contributed by atoms with van der Waals surface area (Å²) in [4.78, 5) is 20.4. The predicted octanol–water partition coefficient (Wildman–Crippen LogP) is 3.67. The standard InChI is InChI=1S/C24H29N3O5S/c1-33(30,31)15-3-14-32-21-5-2-4-20-19(21)11-13-27(20)23-10-12-25-22(26-23)16-17-6-8-18(9-7-17)24(28)29/h2,4-5,10-13,17-18H,3,6-9,14-16H2,1H3,(H,28,29). The van der Waals surface area contributed by atoms with Crippen molar-refractivity contribution < 1.29 is 23.1 Å². The van der Waals surface area contributed by atoms with Gasteiger partial charge in [0.1, 0.15) is 27.2 Å². The molecule has 8 nitrogen and oxygen atoms in total. The zero-order chi connectivity index (χ0) is 23.4. The van der Waals surface area contributed by atoms with Crippen LogP contribution in [0.5, 0.6) is 5.75 Å². The van der Waals surface area contributed by atoms with Crippen LogP contribution in [0, 0.1) is 11.8 Å². The fourth-order valence-electron chi connectivity index (χ4n) is 4.46. The van der Waals surface area contributed by atoms with Gasteiger partial charge in [0.2, 0.25) is 0 Å². The fraction of sp³-hybridized carbons (Fsp3) is 0.458. The van der Waals surface area contributed by atoms with Crippen LogP contribution in [-0.4, -0.2) is 52.6 Å². The lowest BCUT2D eigenvalue weighted by Gasteiger charge is -2.25. The number of hydrogen-bond donors (Lipinski definition) is 1. The van der Waals surface area contributed by atoms with E-state index in [-0.39, 0.29) is 11.7 Å². The number of hydrogen-bond acceptors (Lipinski definition) is 6. The Morgan fingerprint density at radius 3 is 2.70 bits per heavy atom. The zero-order valence-corrected chi connectivity index (χ0v) is 19.5. The monoisotopic (exact) mass is 471 g/mol. The molecule has 0 unspecified atom stereocenters. The third-order valence-electron chi connectivity index (χ3n) is 6.21. The van der Waals surface area contributed by atoms with Gasteiger partial charge in [0.05, 0.1) is 23.8 Å². The molecule has 1 saturated carbocycles. The molecule has 3 aromatic rings. The Morgan fingerprint density at radius 1 is 1.18 bits per heavy atom. The van der Waals surface area contributed by atoms with Crippen molar-refractivity contribution in [2.45, 2.75) is 38.5 Å². The first kappa shape index (κ1) is 23.2. The summed E-state index contributed by atoms with van der Waals surface area (Å²) < 4.78 is 30.5. The smallest absolute Gasteiger partial charge is 0.306 e. The maximum absolute atomic E-state index is 11.3. The Morgan fingerprint density at radius 2 is 1.97 bits per heavy atom. The van der Waals surface area contributed by atoms with E-state index in [9.17, 15) is 18.3 Å². The summed E-state index contributed by atoms with van der Waals surface area (Å²) in [6.45, 7) is 0.332. The van der Waals surface area contributed by atoms with Gasteiger partial charge in [-0.25, -0.2) is 18.4 Å². The molecular formula is C24H29N3O5S. The number of aliphatic carboxylic acids is 1. The number of carbonyl (C=O) groups is 1. The molecule has 0 atom stereocenters. The minimum atomic E-state index is -3.00. The summed E-state index contributed by atoms with van der Waals surface area (Å²) in [6, 6.07) is 9.62. The van der Waals surface area contributed by atoms with Gasteiger partial charge in [-0.05, 0) is 62.3 Å². The number of fused-ring (bicyclic) bond motifs is 1. The highest BCUT2D eigenvalue weighted by Crippen LogP contribution is 2.31. The van der Waals surface area contributed by atoms with E-state index in [2.05, 4.69) is 4.98 Å². The first-order valence-corrected chi connectivity index (χ1v) is 13.3. The van der Waals surface area contributed by atoms with Crippen molar-refractivity contribution in [2.75, 3.05) is 18.6 Å². The van der Waals surface area contributed by atoms with Crippen LogP contribution in [0.2, 0.25) is 0 Å². The summed E-state index contributed by atoms with van der Waals surface area (Å²) in [7, 11) is -3.00. The minimum absolute atomic E-state index is 0.103. The third kappa shape index (κ3) is 5.90. The molecule has 0 saturated heterocycles. The number of ether oxygens (including phenoxy) is 1. The number of carboxylic acid groups (broad SMARTS) is 1. The number of carboxylic acids is 1. The van der Waals surface area contributed by atoms with Crippen molar-refractivity contribution in [1.29, 1.82) is 0 Å². The molecule has 1 aromatic carbocycles. The van der Waals surface area contributed by atoms with Gasteiger partial charge in [-0.15, -0.1) is 0 Å². The molecule has 0 spiro atoms. The maximum atomic E-state index is 11.3. The lowest BCUT2D eigenvalue weighted by molar-refractivity contribution is -0.143. The van der Waals surface area contributed by atoms with E-state index in [1.165, 1.54) is 6.26 Å². The van der Waals surface area contributed by atoms with Gasteiger partial charge in [-0.1, -0.05) is 6.07 Å². The van der Waals surface area contributed by atoms with E-state index < -0.39 is 15.8 Å². The van der Waals surface area contributed by atoms with E-state index >= 15 is 0 Å². The summed E-state index contributed by atoms with van der Waals surface area (Å²) in [6.07, 6.45) is 9.33. The summed E-state index contributed by atoms with van der Waals surface area (Å²) in [5.41, 5.74) is 0.947. The van der Waals surface area contributed by atoms with Gasteiger partial charge < -0.3 is 14.4 Å². The third-order valence-corrected chi connectivity index (χ3v) is 7.25. The van der Waals surface area contributed by atoms with Gasteiger partial charge in [0.25, 0.3) is 0 Å². The lowest BCUT2D eigenvalue weighted by atomic mass is 9.80. The largest absolute Gasteiger partial charge is 0.493 e. The van der Waals surface area contributed by atoms with Crippen LogP contribution in [-0.2, 0) is 21.1 Å². The number of benzene rings is 1. The number of aromatic nitrogens is 3. The van der Waals surface area contributed by atoms with E-state index in [1.54, 1.807) is 6.20 Å². The molecule has 1 aliphatic carbocycles. The zero-order valence-electron chi connectivity index (χ0n) is 18.7. The van der Waals surface area contributed by atoms with Crippen molar-refractivity contribution >= 4 is 26.7 Å². The van der Waals surface area contributed by atoms with Gasteiger partial charge >= 0.3 is 5.97 Å². The van der Waals surface area contributed by atoms with E-state index in [0.29, 0.717) is 24.7 Å². The van der Waals surface area contributed by atoms with E-state index in [0.717, 1.165) is 54.6 Å². The van der Waals surface area contributed by atoms with Crippen LogP contribution < -0.4 is 4.74 Å². The van der Waals surface area contributed by atoms with Crippen molar-refractivity contribution in [2.24, 2.45) is 11.8 Å². The van der Waals surface area contributed by atoms with Crippen LogP contribution in [0.1, 0.15) is 37.9 Å². The predicted molar refractivity (Wildman–Crippen MR) is 125 cm³/mol. The fourth-order valence-corrected chi connectivity index (χ4v) is 5.10. The molecule has 0 amide bonds. The first-order valence-electron chi connectivity index (χ1n) is 11.3. The molecule has 0 bridgehead atoms. The van der Waals surface area contributed by atoms with E-state index in [4.69, 9.17) is 9.72 Å².